The molecule has 0 aromatic heterocycles. The maximum Gasteiger partial charge on any atom is 0.394 e. The summed E-state index contributed by atoms with van der Waals surface area (Å²) in [6.45, 7) is 2.88. The zero-order valence-corrected chi connectivity index (χ0v) is 10.2. The van der Waals surface area contributed by atoms with E-state index in [9.17, 15) is 13.2 Å². The molecular formula is C11H21F3N2O. The van der Waals surface area contributed by atoms with Crippen molar-refractivity contribution in [2.75, 3.05) is 46.4 Å². The Balaban J connectivity index is 2.33. The third-order valence-corrected chi connectivity index (χ3v) is 3.01. The van der Waals surface area contributed by atoms with Gasteiger partial charge in [0.25, 0.3) is 0 Å². The Hall–Kier alpha value is -0.330. The summed E-state index contributed by atoms with van der Waals surface area (Å²) < 4.78 is 42.9. The average molecular weight is 254 g/mol. The second kappa shape index (κ2) is 7.18. The predicted octanol–water partition coefficient (Wildman–Crippen LogP) is 1.50. The molecule has 0 spiro atoms. The average Bonchev–Trinajstić information content (AvgIpc) is 2.49. The number of halogens is 3. The Morgan fingerprint density at radius 2 is 2.12 bits per heavy atom. The molecular weight excluding hydrogens is 233 g/mol. The molecule has 6 heteroatoms. The first kappa shape index (κ1) is 14.7. The molecule has 102 valence electrons. The van der Waals surface area contributed by atoms with E-state index in [0.29, 0.717) is 19.7 Å². The lowest BCUT2D eigenvalue weighted by Gasteiger charge is -2.25. The number of hydrogen-bond acceptors (Lipinski definition) is 3. The third-order valence-electron chi connectivity index (χ3n) is 3.01. The van der Waals surface area contributed by atoms with Crippen LogP contribution in [0.5, 0.6) is 0 Å². The first-order valence-corrected chi connectivity index (χ1v) is 6.02. The molecule has 0 aromatic carbocycles. The Bertz CT molecular complexity index is 211. The molecule has 1 N–H and O–H groups in total. The highest BCUT2D eigenvalue weighted by Crippen LogP contribution is 2.27. The second-order valence-electron chi connectivity index (χ2n) is 4.44. The van der Waals surface area contributed by atoms with E-state index in [1.807, 2.05) is 4.90 Å². The maximum absolute atomic E-state index is 12.7. The minimum Gasteiger partial charge on any atom is -0.385 e. The fourth-order valence-electron chi connectivity index (χ4n) is 1.99. The van der Waals surface area contributed by atoms with Crippen molar-refractivity contribution in [2.45, 2.75) is 19.0 Å². The van der Waals surface area contributed by atoms with E-state index >= 15 is 0 Å². The summed E-state index contributed by atoms with van der Waals surface area (Å²) in [6.07, 6.45) is -2.31. The van der Waals surface area contributed by atoms with Gasteiger partial charge in [0.1, 0.15) is 0 Å². The molecule has 1 aliphatic rings. The molecule has 1 unspecified atom stereocenters. The highest BCUT2D eigenvalue weighted by atomic mass is 19.4. The highest BCUT2D eigenvalue weighted by Gasteiger charge is 2.40. The van der Waals surface area contributed by atoms with Crippen molar-refractivity contribution in [1.29, 1.82) is 0 Å². The summed E-state index contributed by atoms with van der Waals surface area (Å²) in [5.41, 5.74) is 0. The molecule has 1 saturated heterocycles. The SMILES string of the molecule is COCCCCN1CCNCC(C(F)(F)F)C1. The van der Waals surface area contributed by atoms with Crippen LogP contribution in [-0.4, -0.2) is 57.5 Å². The van der Waals surface area contributed by atoms with Crippen LogP contribution in [0, 0.1) is 5.92 Å². The lowest BCUT2D eigenvalue weighted by Crippen LogP contribution is -2.38. The van der Waals surface area contributed by atoms with E-state index in [1.165, 1.54) is 0 Å². The van der Waals surface area contributed by atoms with Gasteiger partial charge in [0, 0.05) is 39.9 Å². The summed E-state index contributed by atoms with van der Waals surface area (Å²) in [4.78, 5) is 1.90. The van der Waals surface area contributed by atoms with E-state index in [2.05, 4.69) is 5.32 Å². The van der Waals surface area contributed by atoms with Crippen molar-refractivity contribution in [1.82, 2.24) is 10.2 Å². The zero-order chi connectivity index (χ0) is 12.7. The Morgan fingerprint density at radius 3 is 2.76 bits per heavy atom. The third kappa shape index (κ3) is 5.70. The van der Waals surface area contributed by atoms with Gasteiger partial charge >= 0.3 is 6.18 Å². The van der Waals surface area contributed by atoms with Gasteiger partial charge in [-0.05, 0) is 19.4 Å². The fraction of sp³-hybridized carbons (Fsp3) is 1.00. The molecule has 1 fully saturated rings. The van der Waals surface area contributed by atoms with Crippen molar-refractivity contribution in [3.63, 3.8) is 0 Å². The van der Waals surface area contributed by atoms with Gasteiger partial charge < -0.3 is 15.0 Å². The number of methoxy groups -OCH3 is 1. The van der Waals surface area contributed by atoms with Gasteiger partial charge in [-0.3, -0.25) is 0 Å². The minimum absolute atomic E-state index is 0.0398. The first-order valence-electron chi connectivity index (χ1n) is 6.02. The van der Waals surface area contributed by atoms with Gasteiger partial charge in [-0.1, -0.05) is 0 Å². The highest BCUT2D eigenvalue weighted by molar-refractivity contribution is 4.78. The molecule has 0 amide bonds. The number of ether oxygens (including phenoxy) is 1. The number of alkyl halides is 3. The second-order valence-corrected chi connectivity index (χ2v) is 4.44. The van der Waals surface area contributed by atoms with E-state index in [0.717, 1.165) is 19.4 Å². The van der Waals surface area contributed by atoms with Crippen LogP contribution < -0.4 is 5.32 Å². The van der Waals surface area contributed by atoms with E-state index < -0.39 is 12.1 Å². The monoisotopic (exact) mass is 254 g/mol. The number of unbranched alkanes of at least 4 members (excludes halogenated alkanes) is 1. The van der Waals surface area contributed by atoms with Crippen molar-refractivity contribution in [3.8, 4) is 0 Å². The van der Waals surface area contributed by atoms with Gasteiger partial charge in [-0.2, -0.15) is 13.2 Å². The molecule has 1 aliphatic heterocycles. The molecule has 0 bridgehead atoms. The van der Waals surface area contributed by atoms with Crippen LogP contribution in [0.25, 0.3) is 0 Å². The normalized spacial score (nSPS) is 23.6. The van der Waals surface area contributed by atoms with Crippen LogP contribution in [0.1, 0.15) is 12.8 Å². The maximum atomic E-state index is 12.7. The van der Waals surface area contributed by atoms with Crippen LogP contribution in [0.15, 0.2) is 0 Å². The van der Waals surface area contributed by atoms with Gasteiger partial charge in [0.15, 0.2) is 0 Å². The number of nitrogens with one attached hydrogen (secondary N) is 1. The smallest absolute Gasteiger partial charge is 0.385 e. The summed E-state index contributed by atoms with van der Waals surface area (Å²) in [5.74, 6) is -1.24. The first-order chi connectivity index (χ1) is 8.04. The zero-order valence-electron chi connectivity index (χ0n) is 10.2. The molecule has 0 saturated carbocycles. The van der Waals surface area contributed by atoms with Crippen molar-refractivity contribution >= 4 is 0 Å². The van der Waals surface area contributed by atoms with Crippen LogP contribution in [-0.2, 0) is 4.74 Å². The number of hydrogen-bond donors (Lipinski definition) is 1. The van der Waals surface area contributed by atoms with E-state index in [1.54, 1.807) is 7.11 Å². The van der Waals surface area contributed by atoms with Gasteiger partial charge in [-0.25, -0.2) is 0 Å². The minimum atomic E-state index is -4.10. The van der Waals surface area contributed by atoms with Crippen LogP contribution in [0.3, 0.4) is 0 Å². The molecule has 1 atom stereocenters. The van der Waals surface area contributed by atoms with Crippen molar-refractivity contribution < 1.29 is 17.9 Å². The molecule has 3 nitrogen and oxygen atoms in total. The topological polar surface area (TPSA) is 24.5 Å². The predicted molar refractivity (Wildman–Crippen MR) is 60.0 cm³/mol. The summed E-state index contributed by atoms with van der Waals surface area (Å²) >= 11 is 0. The molecule has 17 heavy (non-hydrogen) atoms. The number of nitrogens with zero attached hydrogens (tertiary/aromatic N) is 1. The fourth-order valence-corrected chi connectivity index (χ4v) is 1.99. The van der Waals surface area contributed by atoms with E-state index in [-0.39, 0.29) is 13.1 Å². The van der Waals surface area contributed by atoms with Crippen molar-refractivity contribution in [3.05, 3.63) is 0 Å². The Morgan fingerprint density at radius 1 is 1.35 bits per heavy atom. The lowest BCUT2D eigenvalue weighted by molar-refractivity contribution is -0.175. The van der Waals surface area contributed by atoms with Crippen molar-refractivity contribution in [2.24, 2.45) is 5.92 Å². The largest absolute Gasteiger partial charge is 0.394 e. The van der Waals surface area contributed by atoms with Gasteiger partial charge in [0.05, 0.1) is 5.92 Å². The molecule has 0 radical (unpaired) electrons. The van der Waals surface area contributed by atoms with Crippen LogP contribution in [0.2, 0.25) is 0 Å². The molecule has 1 heterocycles. The lowest BCUT2D eigenvalue weighted by atomic mass is 10.1. The summed E-state index contributed by atoms with van der Waals surface area (Å²) in [6, 6.07) is 0. The molecule has 0 aliphatic carbocycles. The molecule has 1 rings (SSSR count). The number of rotatable bonds is 5. The Kier molecular flexibility index (Phi) is 6.22. The summed E-state index contributed by atoms with van der Waals surface area (Å²) in [5, 5.41) is 2.85. The van der Waals surface area contributed by atoms with Crippen LogP contribution in [0.4, 0.5) is 13.2 Å². The van der Waals surface area contributed by atoms with Gasteiger partial charge in [0.2, 0.25) is 0 Å². The quantitative estimate of drug-likeness (QED) is 0.752. The van der Waals surface area contributed by atoms with E-state index in [4.69, 9.17) is 4.74 Å². The summed E-state index contributed by atoms with van der Waals surface area (Å²) in [7, 11) is 1.63. The van der Waals surface area contributed by atoms with Gasteiger partial charge in [-0.15, -0.1) is 0 Å². The standard InChI is InChI=1S/C11H21F3N2O/c1-17-7-3-2-5-16-6-4-15-8-10(9-16)11(12,13)14/h10,15H,2-9H2,1H3. The van der Waals surface area contributed by atoms with Crippen LogP contribution >= 0.6 is 0 Å². The Labute approximate surface area is 100 Å². The molecule has 0 aromatic rings.